The van der Waals surface area contributed by atoms with Crippen molar-refractivity contribution in [1.29, 1.82) is 0 Å². The first kappa shape index (κ1) is 13.9. The first-order valence-electron chi connectivity index (χ1n) is 6.30. The van der Waals surface area contributed by atoms with E-state index in [2.05, 4.69) is 0 Å². The van der Waals surface area contributed by atoms with Crippen molar-refractivity contribution in [3.63, 3.8) is 0 Å². The number of carbonyl (C=O) groups excluding carboxylic acids is 1. The van der Waals surface area contributed by atoms with E-state index in [1.807, 2.05) is 0 Å². The third-order valence-corrected chi connectivity index (χ3v) is 3.12. The predicted octanol–water partition coefficient (Wildman–Crippen LogP) is 3.37. The lowest BCUT2D eigenvalue weighted by Gasteiger charge is -2.12. The molecule has 2 aromatic rings. The Kier molecular flexibility index (Phi) is 3.94. The third-order valence-electron chi connectivity index (χ3n) is 3.12. The summed E-state index contributed by atoms with van der Waals surface area (Å²) in [5, 5.41) is 19.3. The molecule has 0 fully saturated rings. The van der Waals surface area contributed by atoms with Crippen molar-refractivity contribution >= 4 is 5.78 Å². The summed E-state index contributed by atoms with van der Waals surface area (Å²) >= 11 is 0. The van der Waals surface area contributed by atoms with Crippen LogP contribution >= 0.6 is 0 Å². The van der Waals surface area contributed by atoms with Gasteiger partial charge in [-0.3, -0.25) is 4.79 Å². The Morgan fingerprint density at radius 1 is 1.10 bits per heavy atom. The zero-order valence-corrected chi connectivity index (χ0v) is 11.4. The van der Waals surface area contributed by atoms with Gasteiger partial charge in [-0.25, -0.2) is 0 Å². The van der Waals surface area contributed by atoms with Gasteiger partial charge in [-0.1, -0.05) is 6.92 Å². The molecule has 20 heavy (non-hydrogen) atoms. The van der Waals surface area contributed by atoms with Crippen molar-refractivity contribution in [2.75, 3.05) is 7.11 Å². The van der Waals surface area contributed by atoms with Gasteiger partial charge in [0.2, 0.25) is 0 Å². The van der Waals surface area contributed by atoms with E-state index in [0.29, 0.717) is 28.9 Å². The second-order valence-electron chi connectivity index (χ2n) is 4.39. The fourth-order valence-corrected chi connectivity index (χ4v) is 2.05. The molecule has 0 heterocycles. The van der Waals surface area contributed by atoms with Crippen LogP contribution in [0.4, 0.5) is 0 Å². The molecule has 2 N–H and O–H groups in total. The van der Waals surface area contributed by atoms with Crippen LogP contribution in [-0.4, -0.2) is 23.1 Å². The van der Waals surface area contributed by atoms with Gasteiger partial charge >= 0.3 is 0 Å². The summed E-state index contributed by atoms with van der Waals surface area (Å²) in [6.07, 6.45) is 0.373. The number of hydrogen-bond acceptors (Lipinski definition) is 4. The van der Waals surface area contributed by atoms with Crippen LogP contribution in [0.5, 0.6) is 17.2 Å². The largest absolute Gasteiger partial charge is 0.508 e. The van der Waals surface area contributed by atoms with Gasteiger partial charge in [0.1, 0.15) is 17.2 Å². The van der Waals surface area contributed by atoms with Crippen molar-refractivity contribution in [3.8, 4) is 28.4 Å². The van der Waals surface area contributed by atoms with Crippen LogP contribution in [0.2, 0.25) is 0 Å². The molecule has 104 valence electrons. The van der Waals surface area contributed by atoms with E-state index in [-0.39, 0.29) is 17.3 Å². The van der Waals surface area contributed by atoms with Crippen molar-refractivity contribution in [2.45, 2.75) is 13.3 Å². The first-order valence-corrected chi connectivity index (χ1v) is 6.30. The number of ketones is 1. The van der Waals surface area contributed by atoms with E-state index >= 15 is 0 Å². The molecule has 0 atom stereocenters. The molecule has 0 radical (unpaired) electrons. The predicted molar refractivity (Wildman–Crippen MR) is 76.4 cm³/mol. The van der Waals surface area contributed by atoms with E-state index in [9.17, 15) is 15.0 Å². The van der Waals surface area contributed by atoms with E-state index in [1.165, 1.54) is 19.2 Å². The van der Waals surface area contributed by atoms with Gasteiger partial charge in [-0.05, 0) is 35.9 Å². The van der Waals surface area contributed by atoms with Crippen molar-refractivity contribution in [2.24, 2.45) is 0 Å². The molecule has 0 saturated carbocycles. The summed E-state index contributed by atoms with van der Waals surface area (Å²) in [6, 6.07) is 9.39. The standard InChI is InChI=1S/C16H16O4/c1-3-15(18)12-7-5-11(20-2)9-14(12)13-6-4-10(17)8-16(13)19/h4-9,17,19H,3H2,1-2H3. The Labute approximate surface area is 117 Å². The number of hydrogen-bond donors (Lipinski definition) is 2. The van der Waals surface area contributed by atoms with Crippen molar-refractivity contribution in [1.82, 2.24) is 0 Å². The summed E-state index contributed by atoms with van der Waals surface area (Å²) < 4.78 is 5.17. The van der Waals surface area contributed by atoms with Gasteiger partial charge in [-0.15, -0.1) is 0 Å². The Morgan fingerprint density at radius 3 is 2.45 bits per heavy atom. The molecule has 0 amide bonds. The summed E-state index contributed by atoms with van der Waals surface area (Å²) in [6.45, 7) is 1.78. The first-order chi connectivity index (χ1) is 9.56. The lowest BCUT2D eigenvalue weighted by molar-refractivity contribution is 0.0989. The number of ether oxygens (including phenoxy) is 1. The van der Waals surface area contributed by atoms with Crippen LogP contribution in [-0.2, 0) is 0 Å². The van der Waals surface area contributed by atoms with Crippen LogP contribution in [0.3, 0.4) is 0 Å². The Morgan fingerprint density at radius 2 is 1.85 bits per heavy atom. The van der Waals surface area contributed by atoms with Crippen LogP contribution in [0.15, 0.2) is 36.4 Å². The Bertz CT molecular complexity index is 647. The molecule has 2 aromatic carbocycles. The molecule has 0 bridgehead atoms. The lowest BCUT2D eigenvalue weighted by Crippen LogP contribution is -2.00. The van der Waals surface area contributed by atoms with Gasteiger partial charge in [0, 0.05) is 23.6 Å². The maximum absolute atomic E-state index is 12.0. The Hall–Kier alpha value is -2.49. The molecule has 4 nitrogen and oxygen atoms in total. The minimum absolute atomic E-state index is 0.0184. The van der Waals surface area contributed by atoms with Gasteiger partial charge in [0.15, 0.2) is 5.78 Å². The molecule has 0 saturated heterocycles. The zero-order chi connectivity index (χ0) is 14.7. The molecular weight excluding hydrogens is 256 g/mol. The second kappa shape index (κ2) is 5.65. The Balaban J connectivity index is 2.66. The number of rotatable bonds is 4. The molecule has 0 unspecified atom stereocenters. The number of phenolic OH excluding ortho intramolecular Hbond substituents is 2. The monoisotopic (exact) mass is 272 g/mol. The van der Waals surface area contributed by atoms with Crippen molar-refractivity contribution in [3.05, 3.63) is 42.0 Å². The maximum Gasteiger partial charge on any atom is 0.163 e. The molecule has 4 heteroatoms. The third kappa shape index (κ3) is 2.59. The van der Waals surface area contributed by atoms with Gasteiger partial charge in [0.05, 0.1) is 7.11 Å². The zero-order valence-electron chi connectivity index (χ0n) is 11.4. The number of phenols is 2. The number of aromatic hydroxyl groups is 2. The summed E-state index contributed by atoms with van der Waals surface area (Å²) in [5.74, 6) is 0.469. The topological polar surface area (TPSA) is 66.8 Å². The molecule has 0 aromatic heterocycles. The average molecular weight is 272 g/mol. The lowest BCUT2D eigenvalue weighted by atomic mass is 9.95. The van der Waals surface area contributed by atoms with Crippen molar-refractivity contribution < 1.29 is 19.7 Å². The summed E-state index contributed by atoms with van der Waals surface area (Å²) in [4.78, 5) is 12.0. The average Bonchev–Trinajstić information content (AvgIpc) is 2.46. The molecule has 0 aliphatic rings. The van der Waals surface area contributed by atoms with Crippen LogP contribution in [0, 0.1) is 0 Å². The van der Waals surface area contributed by atoms with Crippen LogP contribution in [0.25, 0.3) is 11.1 Å². The van der Waals surface area contributed by atoms with Gasteiger partial charge in [-0.2, -0.15) is 0 Å². The number of methoxy groups -OCH3 is 1. The van der Waals surface area contributed by atoms with E-state index in [4.69, 9.17) is 4.74 Å². The number of carbonyl (C=O) groups is 1. The fourth-order valence-electron chi connectivity index (χ4n) is 2.05. The highest BCUT2D eigenvalue weighted by Crippen LogP contribution is 2.36. The van der Waals surface area contributed by atoms with E-state index in [0.717, 1.165) is 0 Å². The molecule has 2 rings (SSSR count). The number of benzene rings is 2. The quantitative estimate of drug-likeness (QED) is 0.837. The summed E-state index contributed by atoms with van der Waals surface area (Å²) in [7, 11) is 1.54. The smallest absolute Gasteiger partial charge is 0.163 e. The molecule has 0 aliphatic heterocycles. The molecular formula is C16H16O4. The maximum atomic E-state index is 12.0. The molecule has 0 aliphatic carbocycles. The minimum Gasteiger partial charge on any atom is -0.508 e. The highest BCUT2D eigenvalue weighted by Gasteiger charge is 2.15. The molecule has 0 spiro atoms. The van der Waals surface area contributed by atoms with E-state index in [1.54, 1.807) is 31.2 Å². The minimum atomic E-state index is -0.0802. The van der Waals surface area contributed by atoms with E-state index < -0.39 is 0 Å². The van der Waals surface area contributed by atoms with Gasteiger partial charge < -0.3 is 14.9 Å². The summed E-state index contributed by atoms with van der Waals surface area (Å²) in [5.41, 5.74) is 1.60. The number of Topliss-reactive ketones (excluding diaryl/α,β-unsaturated/α-hetero) is 1. The van der Waals surface area contributed by atoms with Gasteiger partial charge in [0.25, 0.3) is 0 Å². The highest BCUT2D eigenvalue weighted by atomic mass is 16.5. The van der Waals surface area contributed by atoms with Crippen LogP contribution < -0.4 is 4.74 Å². The van der Waals surface area contributed by atoms with Crippen LogP contribution in [0.1, 0.15) is 23.7 Å². The fraction of sp³-hybridized carbons (Fsp3) is 0.188. The normalized spacial score (nSPS) is 10.3. The highest BCUT2D eigenvalue weighted by molar-refractivity contribution is 6.03. The second-order valence-corrected chi connectivity index (χ2v) is 4.39. The SMILES string of the molecule is CCC(=O)c1ccc(OC)cc1-c1ccc(O)cc1O.